The third-order valence-electron chi connectivity index (χ3n) is 2.70. The van der Waals surface area contributed by atoms with E-state index in [1.807, 2.05) is 4.68 Å². The van der Waals surface area contributed by atoms with Gasteiger partial charge < -0.3 is 5.73 Å². The van der Waals surface area contributed by atoms with Gasteiger partial charge in [-0.05, 0) is 17.5 Å². The lowest BCUT2D eigenvalue weighted by Crippen LogP contribution is -2.40. The second-order valence-corrected chi connectivity index (χ2v) is 3.73. The molecule has 0 unspecified atom stereocenters. The van der Waals surface area contributed by atoms with E-state index < -0.39 is 0 Å². The number of hydrogen-bond donors (Lipinski definition) is 1. The number of hydrogen-bond acceptors (Lipinski definition) is 3. The summed E-state index contributed by atoms with van der Waals surface area (Å²) in [6.45, 7) is 0. The van der Waals surface area contributed by atoms with Crippen molar-refractivity contribution < 1.29 is 9.20 Å². The van der Waals surface area contributed by atoms with Crippen molar-refractivity contribution in [1.29, 1.82) is 0 Å². The zero-order valence-electron chi connectivity index (χ0n) is 7.78. The van der Waals surface area contributed by atoms with Gasteiger partial charge in [0.1, 0.15) is 0 Å². The average molecular weight is 182 g/mol. The first-order valence-corrected chi connectivity index (χ1v) is 5.00. The van der Waals surface area contributed by atoms with E-state index in [4.69, 9.17) is 10.3 Å². The summed E-state index contributed by atoms with van der Waals surface area (Å²) in [6, 6.07) is 0.503. The normalized spacial score (nSPS) is 20.0. The molecule has 2 rings (SSSR count). The van der Waals surface area contributed by atoms with Gasteiger partial charge in [0, 0.05) is 12.8 Å². The van der Waals surface area contributed by atoms with Crippen LogP contribution < -0.4 is 10.4 Å². The highest BCUT2D eigenvalue weighted by atomic mass is 16.5. The van der Waals surface area contributed by atoms with Gasteiger partial charge in [0.05, 0.1) is 0 Å². The average Bonchev–Trinajstić information content (AvgIpc) is 2.43. The van der Waals surface area contributed by atoms with Crippen molar-refractivity contribution >= 4 is 5.88 Å². The fourth-order valence-electron chi connectivity index (χ4n) is 1.97. The Morgan fingerprint density at radius 1 is 1.31 bits per heavy atom. The molecule has 0 amide bonds. The van der Waals surface area contributed by atoms with E-state index in [1.165, 1.54) is 38.5 Å². The molecule has 1 aromatic rings. The lowest BCUT2D eigenvalue weighted by Gasteiger charge is -2.01. The SMILES string of the molecule is Nc1c[n+](C2CCCCCC2)no1. The van der Waals surface area contributed by atoms with Crippen LogP contribution in [0.5, 0.6) is 0 Å². The largest absolute Gasteiger partial charge is 0.362 e. The van der Waals surface area contributed by atoms with Crippen molar-refractivity contribution in [2.75, 3.05) is 5.73 Å². The molecule has 72 valence electrons. The number of nitrogens with zero attached hydrogens (tertiary/aromatic N) is 2. The van der Waals surface area contributed by atoms with Gasteiger partial charge in [-0.3, -0.25) is 4.52 Å². The van der Waals surface area contributed by atoms with E-state index in [-0.39, 0.29) is 0 Å². The fraction of sp³-hybridized carbons (Fsp3) is 0.778. The third-order valence-corrected chi connectivity index (χ3v) is 2.70. The number of nitrogens with two attached hydrogens (primary N) is 1. The van der Waals surface area contributed by atoms with Gasteiger partial charge in [0.2, 0.25) is 5.27 Å². The molecule has 1 saturated carbocycles. The smallest absolute Gasteiger partial charge is 0.293 e. The summed E-state index contributed by atoms with van der Waals surface area (Å²) >= 11 is 0. The zero-order chi connectivity index (χ0) is 9.10. The summed E-state index contributed by atoms with van der Waals surface area (Å²) in [6.07, 6.45) is 9.49. The maximum atomic E-state index is 5.47. The molecule has 4 heteroatoms. The summed E-state index contributed by atoms with van der Waals surface area (Å²) in [5.74, 6) is 0.407. The van der Waals surface area contributed by atoms with Crippen LogP contribution in [-0.4, -0.2) is 5.27 Å². The van der Waals surface area contributed by atoms with Gasteiger partial charge in [0.15, 0.2) is 6.04 Å². The summed E-state index contributed by atoms with van der Waals surface area (Å²) in [4.78, 5) is 0. The Hall–Kier alpha value is -1.06. The number of rotatable bonds is 1. The Bertz CT molecular complexity index is 264. The van der Waals surface area contributed by atoms with Crippen LogP contribution in [0.2, 0.25) is 0 Å². The first-order chi connectivity index (χ1) is 6.36. The molecular formula is C9H16N3O+. The van der Waals surface area contributed by atoms with Crippen LogP contribution in [0.15, 0.2) is 10.7 Å². The van der Waals surface area contributed by atoms with Gasteiger partial charge in [0.25, 0.3) is 12.1 Å². The minimum atomic E-state index is 0.407. The molecule has 13 heavy (non-hydrogen) atoms. The van der Waals surface area contributed by atoms with Crippen molar-refractivity contribution in [3.8, 4) is 0 Å². The van der Waals surface area contributed by atoms with Crippen LogP contribution in [0.4, 0.5) is 5.88 Å². The van der Waals surface area contributed by atoms with Crippen LogP contribution in [-0.2, 0) is 0 Å². The molecule has 2 N–H and O–H groups in total. The van der Waals surface area contributed by atoms with Gasteiger partial charge in [-0.2, -0.15) is 0 Å². The van der Waals surface area contributed by atoms with Gasteiger partial charge >= 0.3 is 0 Å². The Balaban J connectivity index is 2.06. The molecule has 0 bridgehead atoms. The quantitative estimate of drug-likeness (QED) is 0.528. The van der Waals surface area contributed by atoms with Crippen molar-refractivity contribution in [3.63, 3.8) is 0 Å². The Morgan fingerprint density at radius 3 is 2.54 bits per heavy atom. The molecule has 0 aliphatic heterocycles. The van der Waals surface area contributed by atoms with Gasteiger partial charge in [-0.15, -0.1) is 0 Å². The molecule has 0 saturated heterocycles. The van der Waals surface area contributed by atoms with Crippen molar-refractivity contribution in [2.45, 2.75) is 44.6 Å². The number of nitrogen functional groups attached to an aromatic ring is 1. The molecule has 0 atom stereocenters. The monoisotopic (exact) mass is 182 g/mol. The molecule has 1 aromatic heterocycles. The predicted octanol–water partition coefficient (Wildman–Crippen LogP) is 1.44. The lowest BCUT2D eigenvalue weighted by atomic mass is 10.1. The van der Waals surface area contributed by atoms with Crippen LogP contribution >= 0.6 is 0 Å². The molecule has 1 aliphatic carbocycles. The van der Waals surface area contributed by atoms with E-state index in [9.17, 15) is 0 Å². The molecule has 0 radical (unpaired) electrons. The van der Waals surface area contributed by atoms with Crippen molar-refractivity contribution in [2.24, 2.45) is 0 Å². The van der Waals surface area contributed by atoms with Crippen molar-refractivity contribution in [3.05, 3.63) is 6.20 Å². The molecule has 1 fully saturated rings. The van der Waals surface area contributed by atoms with E-state index in [0.717, 1.165) is 0 Å². The van der Waals surface area contributed by atoms with E-state index in [2.05, 4.69) is 5.27 Å². The number of aromatic nitrogens is 2. The highest BCUT2D eigenvalue weighted by molar-refractivity contribution is 5.11. The van der Waals surface area contributed by atoms with Crippen LogP contribution in [0.25, 0.3) is 0 Å². The molecule has 0 aromatic carbocycles. The summed E-state index contributed by atoms with van der Waals surface area (Å²) in [5, 5.41) is 3.90. The molecule has 0 spiro atoms. The van der Waals surface area contributed by atoms with Crippen LogP contribution in [0, 0.1) is 0 Å². The van der Waals surface area contributed by atoms with Crippen LogP contribution in [0.3, 0.4) is 0 Å². The van der Waals surface area contributed by atoms with Crippen LogP contribution in [0.1, 0.15) is 44.6 Å². The summed E-state index contributed by atoms with van der Waals surface area (Å²) in [7, 11) is 0. The highest BCUT2D eigenvalue weighted by Gasteiger charge is 2.24. The second-order valence-electron chi connectivity index (χ2n) is 3.73. The summed E-state index contributed by atoms with van der Waals surface area (Å²) < 4.78 is 6.72. The first-order valence-electron chi connectivity index (χ1n) is 5.00. The maximum Gasteiger partial charge on any atom is 0.293 e. The molecule has 1 heterocycles. The third kappa shape index (κ3) is 1.99. The fourth-order valence-corrected chi connectivity index (χ4v) is 1.97. The topological polar surface area (TPSA) is 55.9 Å². The minimum Gasteiger partial charge on any atom is -0.362 e. The Morgan fingerprint density at radius 2 is 2.00 bits per heavy atom. The molecule has 4 nitrogen and oxygen atoms in total. The predicted molar refractivity (Wildman–Crippen MR) is 47.8 cm³/mol. The second kappa shape index (κ2) is 3.77. The van der Waals surface area contributed by atoms with E-state index >= 15 is 0 Å². The summed E-state index contributed by atoms with van der Waals surface area (Å²) in [5.41, 5.74) is 5.47. The molecular weight excluding hydrogens is 166 g/mol. The first kappa shape index (κ1) is 8.53. The Kier molecular flexibility index (Phi) is 2.47. The molecule has 1 aliphatic rings. The van der Waals surface area contributed by atoms with E-state index in [1.54, 1.807) is 6.20 Å². The van der Waals surface area contributed by atoms with Crippen molar-refractivity contribution in [1.82, 2.24) is 5.27 Å². The maximum absolute atomic E-state index is 5.47. The number of anilines is 1. The Labute approximate surface area is 77.7 Å². The lowest BCUT2D eigenvalue weighted by molar-refractivity contribution is -0.786. The minimum absolute atomic E-state index is 0.407. The standard InChI is InChI=1S/C9H16N3O/c10-9-7-12(11-13-9)8-5-3-1-2-4-6-8/h7-8H,1-6,10H2/q+1. The zero-order valence-corrected chi connectivity index (χ0v) is 7.78. The highest BCUT2D eigenvalue weighted by Crippen LogP contribution is 2.22. The van der Waals surface area contributed by atoms with E-state index in [0.29, 0.717) is 11.9 Å². The van der Waals surface area contributed by atoms with Gasteiger partial charge in [-0.25, -0.2) is 0 Å². The van der Waals surface area contributed by atoms with Gasteiger partial charge in [-0.1, -0.05) is 12.8 Å².